The molecule has 1 aliphatic rings. The number of benzene rings is 1. The first-order valence-electron chi connectivity index (χ1n) is 7.47. The monoisotopic (exact) mass is 340 g/mol. The summed E-state index contributed by atoms with van der Waals surface area (Å²) < 4.78 is 6.60. The number of methoxy groups -OCH3 is 1. The van der Waals surface area contributed by atoms with Crippen molar-refractivity contribution in [3.05, 3.63) is 28.2 Å². The van der Waals surface area contributed by atoms with Gasteiger partial charge < -0.3 is 10.5 Å². The second-order valence-corrected chi connectivity index (χ2v) is 6.44. The molecule has 20 heavy (non-hydrogen) atoms. The topological polar surface area (TPSA) is 38.5 Å². The first kappa shape index (κ1) is 15.8. The van der Waals surface area contributed by atoms with Gasteiger partial charge in [0.2, 0.25) is 0 Å². The molecular formula is C16H25BrN2O. The van der Waals surface area contributed by atoms with E-state index in [1.54, 1.807) is 7.11 Å². The van der Waals surface area contributed by atoms with Gasteiger partial charge in [0.05, 0.1) is 13.2 Å². The summed E-state index contributed by atoms with van der Waals surface area (Å²) in [5.74, 6) is 1.78. The van der Waals surface area contributed by atoms with E-state index in [2.05, 4.69) is 33.8 Å². The van der Waals surface area contributed by atoms with Crippen molar-refractivity contribution >= 4 is 15.9 Å². The number of ether oxygens (including phenoxy) is 1. The Kier molecular flexibility index (Phi) is 5.87. The normalized spacial score (nSPS) is 17.1. The van der Waals surface area contributed by atoms with Crippen LogP contribution in [0, 0.1) is 5.92 Å². The van der Waals surface area contributed by atoms with E-state index < -0.39 is 0 Å². The summed E-state index contributed by atoms with van der Waals surface area (Å²) >= 11 is 3.55. The van der Waals surface area contributed by atoms with E-state index in [9.17, 15) is 0 Å². The molecule has 3 nitrogen and oxygen atoms in total. The van der Waals surface area contributed by atoms with Crippen LogP contribution in [0.25, 0.3) is 0 Å². The van der Waals surface area contributed by atoms with Crippen LogP contribution in [0.3, 0.4) is 0 Å². The van der Waals surface area contributed by atoms with Gasteiger partial charge in [0.25, 0.3) is 0 Å². The van der Waals surface area contributed by atoms with Crippen molar-refractivity contribution in [2.24, 2.45) is 11.7 Å². The van der Waals surface area contributed by atoms with E-state index in [-0.39, 0.29) is 6.04 Å². The number of likely N-dealkylation sites (N-methyl/N-ethyl adjacent to an activating group) is 1. The molecule has 1 aliphatic carbocycles. The quantitative estimate of drug-likeness (QED) is 0.824. The molecule has 0 aliphatic heterocycles. The maximum atomic E-state index is 6.08. The third-order valence-corrected chi connectivity index (χ3v) is 4.83. The fraction of sp³-hybridized carbons (Fsp3) is 0.625. The van der Waals surface area contributed by atoms with Crippen molar-refractivity contribution < 1.29 is 4.74 Å². The van der Waals surface area contributed by atoms with Crippen LogP contribution in [0.4, 0.5) is 0 Å². The van der Waals surface area contributed by atoms with Crippen LogP contribution in [0.5, 0.6) is 5.75 Å². The number of nitrogens with two attached hydrogens (primary N) is 1. The zero-order chi connectivity index (χ0) is 14.5. The summed E-state index contributed by atoms with van der Waals surface area (Å²) in [6.07, 6.45) is 4.11. The average Bonchev–Trinajstić information content (AvgIpc) is 2.41. The van der Waals surface area contributed by atoms with Gasteiger partial charge in [0, 0.05) is 23.1 Å². The molecule has 2 rings (SSSR count). The highest BCUT2D eigenvalue weighted by Gasteiger charge is 2.26. The van der Waals surface area contributed by atoms with Gasteiger partial charge in [-0.05, 0) is 43.5 Å². The molecule has 4 heteroatoms. The molecule has 0 amide bonds. The third-order valence-electron chi connectivity index (χ3n) is 4.34. The molecule has 1 unspecified atom stereocenters. The summed E-state index contributed by atoms with van der Waals surface area (Å²) in [6.45, 7) is 5.00. The highest BCUT2D eigenvalue weighted by atomic mass is 79.9. The Bertz CT molecular complexity index is 434. The van der Waals surface area contributed by atoms with E-state index in [0.717, 1.165) is 29.2 Å². The standard InChI is InChI=1S/C16H25BrN2O/c1-3-19(11-12-5-4-6-12)15(10-18)14-9-13(17)7-8-16(14)20-2/h7-9,12,15H,3-6,10-11,18H2,1-2H3. The lowest BCUT2D eigenvalue weighted by molar-refractivity contribution is 0.139. The highest BCUT2D eigenvalue weighted by molar-refractivity contribution is 9.10. The molecule has 0 spiro atoms. The van der Waals surface area contributed by atoms with Crippen molar-refractivity contribution in [3.63, 3.8) is 0 Å². The molecule has 0 aromatic heterocycles. The zero-order valence-corrected chi connectivity index (χ0v) is 14.0. The van der Waals surface area contributed by atoms with Crippen molar-refractivity contribution in [2.45, 2.75) is 32.2 Å². The minimum Gasteiger partial charge on any atom is -0.496 e. The SMILES string of the molecule is CCN(CC1CCC1)C(CN)c1cc(Br)ccc1OC. The van der Waals surface area contributed by atoms with Crippen LogP contribution in [0.2, 0.25) is 0 Å². The van der Waals surface area contributed by atoms with Gasteiger partial charge in [-0.3, -0.25) is 4.90 Å². The van der Waals surface area contributed by atoms with Gasteiger partial charge in [0.1, 0.15) is 5.75 Å². The van der Waals surface area contributed by atoms with Crippen LogP contribution in [0.1, 0.15) is 37.8 Å². The Morgan fingerprint density at radius 2 is 2.20 bits per heavy atom. The molecule has 0 radical (unpaired) electrons. The molecule has 1 aromatic rings. The van der Waals surface area contributed by atoms with Crippen molar-refractivity contribution in [2.75, 3.05) is 26.7 Å². The molecule has 1 atom stereocenters. The minimum absolute atomic E-state index is 0.230. The molecule has 0 saturated heterocycles. The molecular weight excluding hydrogens is 316 g/mol. The molecule has 1 aromatic carbocycles. The second kappa shape index (κ2) is 7.43. The fourth-order valence-corrected chi connectivity index (χ4v) is 3.30. The lowest BCUT2D eigenvalue weighted by Gasteiger charge is -2.37. The summed E-state index contributed by atoms with van der Waals surface area (Å²) in [7, 11) is 1.72. The second-order valence-electron chi connectivity index (χ2n) is 5.52. The molecule has 0 heterocycles. The van der Waals surface area contributed by atoms with E-state index in [0.29, 0.717) is 6.54 Å². The Hall–Kier alpha value is -0.580. The summed E-state index contributed by atoms with van der Waals surface area (Å²) in [6, 6.07) is 6.39. The van der Waals surface area contributed by atoms with Crippen LogP contribution < -0.4 is 10.5 Å². The fourth-order valence-electron chi connectivity index (χ4n) is 2.92. The van der Waals surface area contributed by atoms with Crippen LogP contribution in [-0.2, 0) is 0 Å². The maximum absolute atomic E-state index is 6.08. The van der Waals surface area contributed by atoms with Crippen LogP contribution in [0.15, 0.2) is 22.7 Å². The number of halogens is 1. The van der Waals surface area contributed by atoms with E-state index in [1.165, 1.54) is 24.8 Å². The van der Waals surface area contributed by atoms with E-state index in [1.807, 2.05) is 12.1 Å². The lowest BCUT2D eigenvalue weighted by Crippen LogP contribution is -2.38. The number of rotatable bonds is 7. The predicted molar refractivity (Wildman–Crippen MR) is 87.1 cm³/mol. The molecule has 112 valence electrons. The predicted octanol–water partition coefficient (Wildman–Crippen LogP) is 3.58. The number of hydrogen-bond donors (Lipinski definition) is 1. The van der Waals surface area contributed by atoms with E-state index >= 15 is 0 Å². The smallest absolute Gasteiger partial charge is 0.123 e. The van der Waals surface area contributed by atoms with Gasteiger partial charge in [-0.1, -0.05) is 29.3 Å². The Labute approximate surface area is 130 Å². The number of nitrogens with zero attached hydrogens (tertiary/aromatic N) is 1. The van der Waals surface area contributed by atoms with Crippen molar-refractivity contribution in [1.29, 1.82) is 0 Å². The van der Waals surface area contributed by atoms with E-state index in [4.69, 9.17) is 10.5 Å². The molecule has 1 saturated carbocycles. The number of hydrogen-bond acceptors (Lipinski definition) is 3. The van der Waals surface area contributed by atoms with Gasteiger partial charge in [-0.2, -0.15) is 0 Å². The van der Waals surface area contributed by atoms with Gasteiger partial charge >= 0.3 is 0 Å². The van der Waals surface area contributed by atoms with Gasteiger partial charge in [-0.25, -0.2) is 0 Å². The summed E-state index contributed by atoms with van der Waals surface area (Å²) in [5.41, 5.74) is 7.26. The third kappa shape index (κ3) is 3.54. The Balaban J connectivity index is 2.22. The maximum Gasteiger partial charge on any atom is 0.123 e. The first-order chi connectivity index (χ1) is 9.69. The van der Waals surface area contributed by atoms with Crippen molar-refractivity contribution in [1.82, 2.24) is 4.90 Å². The van der Waals surface area contributed by atoms with Crippen molar-refractivity contribution in [3.8, 4) is 5.75 Å². The largest absolute Gasteiger partial charge is 0.496 e. The zero-order valence-electron chi connectivity index (χ0n) is 12.4. The highest BCUT2D eigenvalue weighted by Crippen LogP contribution is 2.34. The lowest BCUT2D eigenvalue weighted by atomic mass is 9.84. The molecule has 1 fully saturated rings. The average molecular weight is 341 g/mol. The van der Waals surface area contributed by atoms with Gasteiger partial charge in [-0.15, -0.1) is 0 Å². The summed E-state index contributed by atoms with van der Waals surface area (Å²) in [4.78, 5) is 2.49. The van der Waals surface area contributed by atoms with Crippen LogP contribution in [-0.4, -0.2) is 31.6 Å². The minimum atomic E-state index is 0.230. The molecule has 2 N–H and O–H groups in total. The van der Waals surface area contributed by atoms with Gasteiger partial charge in [0.15, 0.2) is 0 Å². The Morgan fingerprint density at radius 1 is 1.45 bits per heavy atom. The van der Waals surface area contributed by atoms with Crippen LogP contribution >= 0.6 is 15.9 Å². The summed E-state index contributed by atoms with van der Waals surface area (Å²) in [5, 5.41) is 0. The Morgan fingerprint density at radius 3 is 2.70 bits per heavy atom. The first-order valence-corrected chi connectivity index (χ1v) is 8.26. The molecule has 0 bridgehead atoms.